The first-order valence-electron chi connectivity index (χ1n) is 4.97. The molecule has 0 saturated carbocycles. The summed E-state index contributed by atoms with van der Waals surface area (Å²) in [5.74, 6) is -0.761. The van der Waals surface area contributed by atoms with Crippen LogP contribution >= 0.6 is 0 Å². The summed E-state index contributed by atoms with van der Waals surface area (Å²) in [5, 5.41) is 8.56. The second-order valence-electron chi connectivity index (χ2n) is 3.79. The molecule has 1 aliphatic heterocycles. The number of hydrogen-bond donors (Lipinski definition) is 1. The van der Waals surface area contributed by atoms with E-state index in [1.54, 1.807) is 0 Å². The number of carboxylic acid groups (broad SMARTS) is 1. The van der Waals surface area contributed by atoms with Gasteiger partial charge in [-0.25, -0.2) is 0 Å². The third-order valence-electron chi connectivity index (χ3n) is 2.61. The van der Waals surface area contributed by atoms with Crippen molar-refractivity contribution in [2.24, 2.45) is 11.8 Å². The Morgan fingerprint density at radius 1 is 1.50 bits per heavy atom. The molecule has 0 aliphatic carbocycles. The molecular weight excluding hydrogens is 184 g/mol. The Morgan fingerprint density at radius 3 is 2.64 bits per heavy atom. The van der Waals surface area contributed by atoms with Crippen molar-refractivity contribution in [1.82, 2.24) is 0 Å². The van der Waals surface area contributed by atoms with Crippen LogP contribution in [0.5, 0.6) is 0 Å². The maximum Gasteiger partial charge on any atom is 0.304 e. The van der Waals surface area contributed by atoms with E-state index >= 15 is 0 Å². The Hall–Kier alpha value is -0.900. The van der Waals surface area contributed by atoms with E-state index in [4.69, 9.17) is 9.84 Å². The molecule has 4 nitrogen and oxygen atoms in total. The summed E-state index contributed by atoms with van der Waals surface area (Å²) in [6.07, 6.45) is 3.32. The van der Waals surface area contributed by atoms with Crippen LogP contribution in [-0.2, 0) is 14.3 Å². The highest BCUT2D eigenvalue weighted by atomic mass is 16.5. The van der Waals surface area contributed by atoms with Crippen LogP contribution in [0, 0.1) is 11.8 Å². The van der Waals surface area contributed by atoms with Crippen LogP contribution in [0.15, 0.2) is 0 Å². The van der Waals surface area contributed by atoms with Crippen molar-refractivity contribution >= 4 is 12.3 Å². The number of aliphatic carboxylic acids is 1. The van der Waals surface area contributed by atoms with Gasteiger partial charge in [0.2, 0.25) is 0 Å². The molecule has 0 aromatic heterocycles. The summed E-state index contributed by atoms with van der Waals surface area (Å²) in [4.78, 5) is 21.0. The van der Waals surface area contributed by atoms with Crippen molar-refractivity contribution in [3.8, 4) is 0 Å². The predicted molar refractivity (Wildman–Crippen MR) is 50.0 cm³/mol. The zero-order chi connectivity index (χ0) is 10.4. The SMILES string of the molecule is O=CC(CC(=O)O)CC1CCOCC1. The molecule has 0 spiro atoms. The zero-order valence-corrected chi connectivity index (χ0v) is 8.15. The van der Waals surface area contributed by atoms with Crippen molar-refractivity contribution in [3.63, 3.8) is 0 Å². The average molecular weight is 200 g/mol. The summed E-state index contributed by atoms with van der Waals surface area (Å²) in [6, 6.07) is 0. The van der Waals surface area contributed by atoms with E-state index in [9.17, 15) is 9.59 Å². The first kappa shape index (κ1) is 11.2. The second-order valence-corrected chi connectivity index (χ2v) is 3.79. The van der Waals surface area contributed by atoms with E-state index in [0.29, 0.717) is 12.3 Å². The predicted octanol–water partition coefficient (Wildman–Crippen LogP) is 1.09. The lowest BCUT2D eigenvalue weighted by Crippen LogP contribution is -2.20. The molecular formula is C10H16O4. The van der Waals surface area contributed by atoms with Crippen molar-refractivity contribution in [1.29, 1.82) is 0 Å². The Morgan fingerprint density at radius 2 is 2.14 bits per heavy atom. The largest absolute Gasteiger partial charge is 0.481 e. The molecule has 1 heterocycles. The topological polar surface area (TPSA) is 63.6 Å². The summed E-state index contributed by atoms with van der Waals surface area (Å²) < 4.78 is 5.19. The minimum atomic E-state index is -0.894. The van der Waals surface area contributed by atoms with Gasteiger partial charge < -0.3 is 14.6 Å². The van der Waals surface area contributed by atoms with E-state index in [0.717, 1.165) is 32.3 Å². The van der Waals surface area contributed by atoms with Crippen LogP contribution in [0.4, 0.5) is 0 Å². The summed E-state index contributed by atoms with van der Waals surface area (Å²) in [7, 11) is 0. The number of ether oxygens (including phenoxy) is 1. The Bertz CT molecular complexity index is 196. The van der Waals surface area contributed by atoms with Crippen LogP contribution < -0.4 is 0 Å². The molecule has 1 rings (SSSR count). The third kappa shape index (κ3) is 3.87. The number of rotatable bonds is 5. The standard InChI is InChI=1S/C10H16O4/c11-7-9(6-10(12)13)5-8-1-3-14-4-2-8/h7-9H,1-6H2,(H,12,13). The lowest BCUT2D eigenvalue weighted by atomic mass is 9.88. The normalized spacial score (nSPS) is 20.3. The first-order chi connectivity index (χ1) is 6.72. The maximum absolute atomic E-state index is 10.6. The van der Waals surface area contributed by atoms with Gasteiger partial charge in [-0.15, -0.1) is 0 Å². The highest BCUT2D eigenvalue weighted by molar-refractivity contribution is 5.71. The second kappa shape index (κ2) is 5.75. The van der Waals surface area contributed by atoms with E-state index in [1.165, 1.54) is 0 Å². The van der Waals surface area contributed by atoms with Gasteiger partial charge in [0.15, 0.2) is 0 Å². The quantitative estimate of drug-likeness (QED) is 0.675. The number of carbonyl (C=O) groups excluding carboxylic acids is 1. The summed E-state index contributed by atoms with van der Waals surface area (Å²) in [6.45, 7) is 1.48. The molecule has 0 aromatic carbocycles. The Kier molecular flexibility index (Phi) is 4.59. The Balaban J connectivity index is 2.30. The van der Waals surface area contributed by atoms with Gasteiger partial charge in [0.05, 0.1) is 6.42 Å². The van der Waals surface area contributed by atoms with Gasteiger partial charge >= 0.3 is 5.97 Å². The van der Waals surface area contributed by atoms with Crippen molar-refractivity contribution in [3.05, 3.63) is 0 Å². The molecule has 1 fully saturated rings. The highest BCUT2D eigenvalue weighted by Gasteiger charge is 2.20. The van der Waals surface area contributed by atoms with Gasteiger partial charge in [-0.05, 0) is 25.2 Å². The van der Waals surface area contributed by atoms with Crippen LogP contribution in [0.2, 0.25) is 0 Å². The van der Waals surface area contributed by atoms with E-state index in [-0.39, 0.29) is 12.3 Å². The van der Waals surface area contributed by atoms with Crippen LogP contribution in [0.3, 0.4) is 0 Å². The average Bonchev–Trinajstić information content (AvgIpc) is 2.17. The monoisotopic (exact) mass is 200 g/mol. The molecule has 4 heteroatoms. The molecule has 1 saturated heterocycles. The maximum atomic E-state index is 10.6. The first-order valence-corrected chi connectivity index (χ1v) is 4.97. The zero-order valence-electron chi connectivity index (χ0n) is 8.15. The van der Waals surface area contributed by atoms with Crippen molar-refractivity contribution < 1.29 is 19.4 Å². The molecule has 1 unspecified atom stereocenters. The van der Waals surface area contributed by atoms with E-state index in [1.807, 2.05) is 0 Å². The molecule has 0 aromatic rings. The molecule has 1 N–H and O–H groups in total. The van der Waals surface area contributed by atoms with Crippen molar-refractivity contribution in [2.45, 2.75) is 25.7 Å². The van der Waals surface area contributed by atoms with Crippen LogP contribution in [0.1, 0.15) is 25.7 Å². The number of carboxylic acids is 1. The minimum Gasteiger partial charge on any atom is -0.481 e. The number of aldehydes is 1. The fourth-order valence-corrected chi connectivity index (χ4v) is 1.82. The highest BCUT2D eigenvalue weighted by Crippen LogP contribution is 2.23. The molecule has 0 bridgehead atoms. The van der Waals surface area contributed by atoms with Gasteiger partial charge in [0, 0.05) is 19.1 Å². The fraction of sp³-hybridized carbons (Fsp3) is 0.800. The molecule has 1 atom stereocenters. The molecule has 14 heavy (non-hydrogen) atoms. The van der Waals surface area contributed by atoms with Gasteiger partial charge in [-0.1, -0.05) is 0 Å². The smallest absolute Gasteiger partial charge is 0.304 e. The minimum absolute atomic E-state index is 0.0408. The third-order valence-corrected chi connectivity index (χ3v) is 2.61. The summed E-state index contributed by atoms with van der Waals surface area (Å²) >= 11 is 0. The van der Waals surface area contributed by atoms with Crippen molar-refractivity contribution in [2.75, 3.05) is 13.2 Å². The van der Waals surface area contributed by atoms with Gasteiger partial charge in [-0.3, -0.25) is 4.79 Å². The lowest BCUT2D eigenvalue weighted by Gasteiger charge is -2.23. The van der Waals surface area contributed by atoms with E-state index < -0.39 is 5.97 Å². The van der Waals surface area contributed by atoms with Crippen LogP contribution in [-0.4, -0.2) is 30.6 Å². The number of carbonyl (C=O) groups is 2. The fourth-order valence-electron chi connectivity index (χ4n) is 1.82. The Labute approximate surface area is 83.2 Å². The molecule has 1 aliphatic rings. The van der Waals surface area contributed by atoms with E-state index in [2.05, 4.69) is 0 Å². The molecule has 80 valence electrons. The van der Waals surface area contributed by atoms with Gasteiger partial charge in [0.1, 0.15) is 6.29 Å². The van der Waals surface area contributed by atoms with Gasteiger partial charge in [0.25, 0.3) is 0 Å². The van der Waals surface area contributed by atoms with Gasteiger partial charge in [-0.2, -0.15) is 0 Å². The molecule has 0 radical (unpaired) electrons. The van der Waals surface area contributed by atoms with Crippen LogP contribution in [0.25, 0.3) is 0 Å². The molecule has 0 amide bonds. The lowest BCUT2D eigenvalue weighted by molar-refractivity contribution is -0.139. The summed E-state index contributed by atoms with van der Waals surface area (Å²) in [5.41, 5.74) is 0. The number of hydrogen-bond acceptors (Lipinski definition) is 3.